The molecule has 0 saturated heterocycles. The van der Waals surface area contributed by atoms with Gasteiger partial charge in [0.2, 0.25) is 0 Å². The third-order valence-corrected chi connectivity index (χ3v) is 2.21. The first-order valence-electron chi connectivity index (χ1n) is 5.04. The van der Waals surface area contributed by atoms with E-state index in [2.05, 4.69) is 5.43 Å². The summed E-state index contributed by atoms with van der Waals surface area (Å²) in [5, 5.41) is 29.9. The number of anilines is 1. The average Bonchev–Trinajstić information content (AvgIpc) is 2.29. The Morgan fingerprint density at radius 1 is 0.941 bits per heavy atom. The van der Waals surface area contributed by atoms with Crippen molar-refractivity contribution in [2.45, 2.75) is 0 Å². The molecule has 0 bridgehead atoms. The summed E-state index contributed by atoms with van der Waals surface area (Å²) in [4.78, 5) is 0. The second-order valence-corrected chi connectivity index (χ2v) is 3.55. The minimum Gasteiger partial charge on any atom is -0.603 e. The number of aromatic hydroxyl groups is 2. The average molecular weight is 232 g/mol. The quantitative estimate of drug-likeness (QED) is 0.598. The molecule has 0 saturated carbocycles. The van der Waals surface area contributed by atoms with Crippen molar-refractivity contribution in [2.75, 3.05) is 5.43 Å². The number of quaternary nitrogens is 1. The molecule has 5 heteroatoms. The van der Waals surface area contributed by atoms with Gasteiger partial charge in [-0.25, -0.2) is 10.6 Å². The van der Waals surface area contributed by atoms with Crippen LogP contribution >= 0.6 is 0 Å². The highest BCUT2D eigenvalue weighted by molar-refractivity contribution is 5.46. The summed E-state index contributed by atoms with van der Waals surface area (Å²) in [7, 11) is 0. The molecule has 88 valence electrons. The molecule has 0 fully saturated rings. The Balaban J connectivity index is 2.14. The molecule has 2 aromatic rings. The second kappa shape index (κ2) is 4.73. The number of phenolic OH excluding ortho intramolecular Hbond substituents is 2. The predicted molar refractivity (Wildman–Crippen MR) is 63.8 cm³/mol. The first-order chi connectivity index (χ1) is 8.15. The molecule has 0 heterocycles. The molecule has 0 aliphatic heterocycles. The van der Waals surface area contributed by atoms with Gasteiger partial charge < -0.3 is 15.4 Å². The maximum Gasteiger partial charge on any atom is 0.159 e. The van der Waals surface area contributed by atoms with Gasteiger partial charge in [0.25, 0.3) is 0 Å². The molecule has 0 aliphatic carbocycles. The van der Waals surface area contributed by atoms with Gasteiger partial charge in [-0.1, -0.05) is 12.1 Å². The second-order valence-electron chi connectivity index (χ2n) is 3.55. The van der Waals surface area contributed by atoms with E-state index in [1.165, 1.54) is 24.3 Å². The van der Waals surface area contributed by atoms with Crippen LogP contribution in [0.3, 0.4) is 0 Å². The van der Waals surface area contributed by atoms with Crippen LogP contribution in [0.15, 0.2) is 48.5 Å². The number of hydrogen-bond donors (Lipinski definition) is 4. The Morgan fingerprint density at radius 3 is 2.24 bits per heavy atom. The lowest BCUT2D eigenvalue weighted by Crippen LogP contribution is -3.05. The number of nitrogens with one attached hydrogen (secondary N) is 2. The number of hydrogen-bond acceptors (Lipinski definition) is 4. The van der Waals surface area contributed by atoms with E-state index in [1.54, 1.807) is 24.3 Å². The molecule has 0 aliphatic rings. The van der Waals surface area contributed by atoms with Gasteiger partial charge in [0.1, 0.15) is 11.5 Å². The zero-order valence-electron chi connectivity index (χ0n) is 8.92. The lowest BCUT2D eigenvalue weighted by Gasteiger charge is -2.22. The van der Waals surface area contributed by atoms with Gasteiger partial charge >= 0.3 is 0 Å². The van der Waals surface area contributed by atoms with E-state index in [-0.39, 0.29) is 16.7 Å². The number of benzene rings is 2. The fourth-order valence-electron chi connectivity index (χ4n) is 1.43. The Morgan fingerprint density at radius 2 is 1.59 bits per heavy atom. The van der Waals surface area contributed by atoms with Gasteiger partial charge in [-0.2, -0.15) is 0 Å². The molecule has 1 unspecified atom stereocenters. The summed E-state index contributed by atoms with van der Waals surface area (Å²) < 4.78 is 0. The SMILES string of the molecule is [O-][NH+](Nc1cccc(O)c1)c1cccc(O)c1. The van der Waals surface area contributed by atoms with E-state index in [1.807, 2.05) is 0 Å². The fourth-order valence-corrected chi connectivity index (χ4v) is 1.43. The van der Waals surface area contributed by atoms with Gasteiger partial charge in [-0.15, -0.1) is 0 Å². The molecule has 4 N–H and O–H groups in total. The number of rotatable bonds is 3. The Labute approximate surface area is 98.1 Å². The zero-order chi connectivity index (χ0) is 12.3. The third kappa shape index (κ3) is 2.87. The van der Waals surface area contributed by atoms with Crippen LogP contribution in [0, 0.1) is 5.21 Å². The molecule has 0 radical (unpaired) electrons. The first-order valence-corrected chi connectivity index (χ1v) is 5.04. The van der Waals surface area contributed by atoms with Gasteiger partial charge in [0.05, 0.1) is 5.69 Å². The van der Waals surface area contributed by atoms with E-state index in [9.17, 15) is 15.4 Å². The summed E-state index contributed by atoms with van der Waals surface area (Å²) in [6, 6.07) is 12.3. The van der Waals surface area contributed by atoms with Crippen LogP contribution in [-0.2, 0) is 0 Å². The van der Waals surface area contributed by atoms with E-state index in [4.69, 9.17) is 0 Å². The molecule has 1 atom stereocenters. The summed E-state index contributed by atoms with van der Waals surface area (Å²) in [5.74, 6) is 0.118. The van der Waals surface area contributed by atoms with Gasteiger partial charge in [-0.3, -0.25) is 0 Å². The highest BCUT2D eigenvalue weighted by Crippen LogP contribution is 2.15. The van der Waals surface area contributed by atoms with Crippen LogP contribution in [0.4, 0.5) is 11.4 Å². The molecular formula is C12H12N2O3. The standard InChI is InChI=1S/C12H12N2O3/c15-11-5-1-3-9(7-11)13-14(17)10-4-2-6-12(16)8-10/h1-8,13-16H. The van der Waals surface area contributed by atoms with Crippen LogP contribution in [-0.4, -0.2) is 10.2 Å². The Hall–Kier alpha value is -2.24. The minimum atomic E-state index is -0.341. The highest BCUT2D eigenvalue weighted by Gasteiger charge is 2.04. The molecule has 0 aromatic heterocycles. The van der Waals surface area contributed by atoms with Crippen molar-refractivity contribution in [2.24, 2.45) is 0 Å². The topological polar surface area (TPSA) is 80.0 Å². The van der Waals surface area contributed by atoms with Crippen molar-refractivity contribution in [3.63, 3.8) is 0 Å². The first kappa shape index (κ1) is 11.3. The highest BCUT2D eigenvalue weighted by atomic mass is 16.5. The zero-order valence-corrected chi connectivity index (χ0v) is 8.92. The maximum atomic E-state index is 11.8. The fraction of sp³-hybridized carbons (Fsp3) is 0. The third-order valence-electron chi connectivity index (χ3n) is 2.21. The summed E-state index contributed by atoms with van der Waals surface area (Å²) in [5.41, 5.74) is 3.47. The van der Waals surface area contributed by atoms with Crippen LogP contribution in [0.1, 0.15) is 0 Å². The van der Waals surface area contributed by atoms with E-state index in [0.29, 0.717) is 11.4 Å². The monoisotopic (exact) mass is 232 g/mol. The summed E-state index contributed by atoms with van der Waals surface area (Å²) >= 11 is 0. The normalized spacial score (nSPS) is 12.1. The summed E-state index contributed by atoms with van der Waals surface area (Å²) in [6.07, 6.45) is 0. The van der Waals surface area contributed by atoms with Crippen LogP contribution < -0.4 is 10.6 Å². The van der Waals surface area contributed by atoms with Crippen molar-refractivity contribution in [3.8, 4) is 11.5 Å². The van der Waals surface area contributed by atoms with Crippen molar-refractivity contribution >= 4 is 11.4 Å². The van der Waals surface area contributed by atoms with Crippen LogP contribution in [0.2, 0.25) is 0 Å². The molecular weight excluding hydrogens is 220 g/mol. The van der Waals surface area contributed by atoms with Gasteiger partial charge in [-0.05, 0) is 18.2 Å². The predicted octanol–water partition coefficient (Wildman–Crippen LogP) is 1.14. The van der Waals surface area contributed by atoms with Crippen molar-refractivity contribution in [1.82, 2.24) is 0 Å². The summed E-state index contributed by atoms with van der Waals surface area (Å²) in [6.45, 7) is 0. The molecule has 17 heavy (non-hydrogen) atoms. The smallest absolute Gasteiger partial charge is 0.159 e. The lowest BCUT2D eigenvalue weighted by atomic mass is 10.3. The molecule has 2 rings (SSSR count). The van der Waals surface area contributed by atoms with Gasteiger partial charge in [0, 0.05) is 18.2 Å². The largest absolute Gasteiger partial charge is 0.603 e. The molecule has 0 spiro atoms. The number of phenols is 2. The Bertz CT molecular complexity index is 517. The molecule has 5 nitrogen and oxygen atoms in total. The maximum absolute atomic E-state index is 11.8. The minimum absolute atomic E-state index is 0.0357. The van der Waals surface area contributed by atoms with E-state index >= 15 is 0 Å². The Kier molecular flexibility index (Phi) is 3.13. The van der Waals surface area contributed by atoms with Crippen LogP contribution in [0.5, 0.6) is 11.5 Å². The van der Waals surface area contributed by atoms with Crippen molar-refractivity contribution in [3.05, 3.63) is 53.7 Å². The molecule has 2 aromatic carbocycles. The van der Waals surface area contributed by atoms with Crippen LogP contribution in [0.25, 0.3) is 0 Å². The molecule has 0 amide bonds. The van der Waals surface area contributed by atoms with Crippen molar-refractivity contribution in [1.29, 1.82) is 0 Å². The van der Waals surface area contributed by atoms with Gasteiger partial charge in [0.15, 0.2) is 5.69 Å². The van der Waals surface area contributed by atoms with Crippen molar-refractivity contribution < 1.29 is 15.4 Å². The van der Waals surface area contributed by atoms with E-state index < -0.39 is 0 Å². The van der Waals surface area contributed by atoms with E-state index in [0.717, 1.165) is 0 Å². The lowest BCUT2D eigenvalue weighted by molar-refractivity contribution is -0.749.